The molecule has 0 aliphatic heterocycles. The molecule has 1 aromatic heterocycles. The van der Waals surface area contributed by atoms with Crippen molar-refractivity contribution in [1.29, 1.82) is 0 Å². The first-order valence-electron chi connectivity index (χ1n) is 5.45. The van der Waals surface area contributed by atoms with Crippen LogP contribution in [0.2, 0.25) is 0 Å². The third-order valence-corrected chi connectivity index (χ3v) is 3.16. The number of hydrogen-bond donors (Lipinski definition) is 1. The predicted octanol–water partition coefficient (Wildman–Crippen LogP) is 2.31. The molecule has 0 unspecified atom stereocenters. The summed E-state index contributed by atoms with van der Waals surface area (Å²) in [5.74, 6) is 0.0131. The summed E-state index contributed by atoms with van der Waals surface area (Å²) in [6.07, 6.45) is 0.358. The second-order valence-electron chi connectivity index (χ2n) is 3.80. The molecule has 88 valence electrons. The second kappa shape index (κ2) is 5.59. The normalized spacial score (nSPS) is 10.2. The number of rotatable bonds is 4. The summed E-state index contributed by atoms with van der Waals surface area (Å²) < 4.78 is 0. The van der Waals surface area contributed by atoms with E-state index >= 15 is 0 Å². The number of carbonyl (C=O) groups excluding carboxylic acids is 1. The molecule has 1 aromatic carbocycles. The van der Waals surface area contributed by atoms with E-state index in [0.29, 0.717) is 13.0 Å². The van der Waals surface area contributed by atoms with Gasteiger partial charge >= 0.3 is 0 Å². The monoisotopic (exact) mass is 246 g/mol. The van der Waals surface area contributed by atoms with Gasteiger partial charge in [0.1, 0.15) is 0 Å². The quantitative estimate of drug-likeness (QED) is 0.899. The van der Waals surface area contributed by atoms with Crippen LogP contribution in [0.15, 0.2) is 35.7 Å². The number of nitrogens with zero attached hydrogens (tertiary/aromatic N) is 1. The van der Waals surface area contributed by atoms with E-state index < -0.39 is 0 Å². The van der Waals surface area contributed by atoms with E-state index in [1.165, 1.54) is 0 Å². The topological polar surface area (TPSA) is 42.0 Å². The number of nitrogens with one attached hydrogen (secondary N) is 1. The molecule has 3 nitrogen and oxygen atoms in total. The minimum atomic E-state index is 0.0131. The van der Waals surface area contributed by atoms with Gasteiger partial charge in [-0.15, -0.1) is 11.3 Å². The maximum Gasteiger partial charge on any atom is 0.226 e. The molecule has 0 radical (unpaired) electrons. The largest absolute Gasteiger partial charge is 0.352 e. The molecule has 0 aliphatic rings. The highest BCUT2D eigenvalue weighted by Crippen LogP contribution is 2.08. The van der Waals surface area contributed by atoms with Gasteiger partial charge in [-0.2, -0.15) is 0 Å². The highest BCUT2D eigenvalue weighted by Gasteiger charge is 2.05. The highest BCUT2D eigenvalue weighted by atomic mass is 32.1. The molecule has 1 N–H and O–H groups in total. The zero-order valence-electron chi connectivity index (χ0n) is 9.64. The number of carbonyl (C=O) groups is 1. The van der Waals surface area contributed by atoms with Crippen molar-refractivity contribution < 1.29 is 4.79 Å². The van der Waals surface area contributed by atoms with Crippen LogP contribution in [-0.2, 0) is 17.8 Å². The lowest BCUT2D eigenvalue weighted by Crippen LogP contribution is -2.24. The van der Waals surface area contributed by atoms with Gasteiger partial charge < -0.3 is 5.32 Å². The Morgan fingerprint density at radius 1 is 1.35 bits per heavy atom. The van der Waals surface area contributed by atoms with E-state index in [2.05, 4.69) is 10.3 Å². The third kappa shape index (κ3) is 3.67. The Kier molecular flexibility index (Phi) is 3.88. The molecule has 0 atom stereocenters. The van der Waals surface area contributed by atoms with Gasteiger partial charge in [0.2, 0.25) is 5.91 Å². The number of hydrogen-bond acceptors (Lipinski definition) is 3. The Labute approximate surface area is 105 Å². The van der Waals surface area contributed by atoms with Gasteiger partial charge in [-0.25, -0.2) is 4.98 Å². The molecule has 0 spiro atoms. The minimum absolute atomic E-state index is 0.0131. The maximum absolute atomic E-state index is 11.6. The Morgan fingerprint density at radius 3 is 2.76 bits per heavy atom. The first kappa shape index (κ1) is 11.8. The number of aromatic nitrogens is 1. The van der Waals surface area contributed by atoms with Gasteiger partial charge in [0, 0.05) is 11.9 Å². The van der Waals surface area contributed by atoms with Crippen molar-refractivity contribution in [3.63, 3.8) is 0 Å². The Hall–Kier alpha value is -1.68. The number of thiazole rings is 1. The summed E-state index contributed by atoms with van der Waals surface area (Å²) in [6.45, 7) is 2.51. The molecule has 2 rings (SSSR count). The maximum atomic E-state index is 11.6. The summed E-state index contributed by atoms with van der Waals surface area (Å²) in [4.78, 5) is 15.9. The van der Waals surface area contributed by atoms with E-state index in [1.807, 2.05) is 42.6 Å². The van der Waals surface area contributed by atoms with Crippen molar-refractivity contribution in [3.8, 4) is 0 Å². The molecule has 1 amide bonds. The number of amides is 1. The SMILES string of the molecule is Cc1nc(CC(=O)NCc2ccccc2)cs1. The van der Waals surface area contributed by atoms with Gasteiger partial charge in [-0.1, -0.05) is 30.3 Å². The molecule has 0 saturated heterocycles. The van der Waals surface area contributed by atoms with Crippen molar-refractivity contribution in [2.24, 2.45) is 0 Å². The van der Waals surface area contributed by atoms with Crippen molar-refractivity contribution in [2.75, 3.05) is 0 Å². The fourth-order valence-electron chi connectivity index (χ4n) is 1.51. The summed E-state index contributed by atoms with van der Waals surface area (Å²) in [5.41, 5.74) is 1.95. The third-order valence-electron chi connectivity index (χ3n) is 2.34. The average Bonchev–Trinajstić information content (AvgIpc) is 2.73. The fraction of sp³-hybridized carbons (Fsp3) is 0.231. The Morgan fingerprint density at radius 2 is 2.12 bits per heavy atom. The van der Waals surface area contributed by atoms with Crippen LogP contribution in [0.3, 0.4) is 0 Å². The molecule has 0 bridgehead atoms. The molecule has 0 saturated carbocycles. The zero-order chi connectivity index (χ0) is 12.1. The van der Waals surface area contributed by atoms with E-state index in [9.17, 15) is 4.79 Å². The van der Waals surface area contributed by atoms with Gasteiger partial charge in [0.05, 0.1) is 17.1 Å². The average molecular weight is 246 g/mol. The lowest BCUT2D eigenvalue weighted by molar-refractivity contribution is -0.120. The standard InChI is InChI=1S/C13H14N2OS/c1-10-15-12(9-17-10)7-13(16)14-8-11-5-3-2-4-6-11/h2-6,9H,7-8H2,1H3,(H,14,16). The molecule has 1 heterocycles. The van der Waals surface area contributed by atoms with Crippen LogP contribution in [0.4, 0.5) is 0 Å². The van der Waals surface area contributed by atoms with Gasteiger partial charge in [-0.05, 0) is 12.5 Å². The van der Waals surface area contributed by atoms with E-state index in [4.69, 9.17) is 0 Å². The van der Waals surface area contributed by atoms with Crippen LogP contribution in [0.1, 0.15) is 16.3 Å². The molecular formula is C13H14N2OS. The molecule has 0 fully saturated rings. The molecule has 17 heavy (non-hydrogen) atoms. The van der Waals surface area contributed by atoms with Gasteiger partial charge in [0.25, 0.3) is 0 Å². The Bertz CT molecular complexity index is 493. The minimum Gasteiger partial charge on any atom is -0.352 e. The predicted molar refractivity (Wildman–Crippen MR) is 68.8 cm³/mol. The summed E-state index contributed by atoms with van der Waals surface area (Å²) in [7, 11) is 0. The van der Waals surface area contributed by atoms with Crippen LogP contribution in [-0.4, -0.2) is 10.9 Å². The lowest BCUT2D eigenvalue weighted by Gasteiger charge is -2.03. The molecule has 0 aliphatic carbocycles. The van der Waals surface area contributed by atoms with Crippen LogP contribution in [0.5, 0.6) is 0 Å². The molecular weight excluding hydrogens is 232 g/mol. The molecule has 4 heteroatoms. The first-order chi connectivity index (χ1) is 8.24. The summed E-state index contributed by atoms with van der Waals surface area (Å²) in [5, 5.41) is 5.81. The van der Waals surface area contributed by atoms with Crippen molar-refractivity contribution in [1.82, 2.24) is 10.3 Å². The summed E-state index contributed by atoms with van der Waals surface area (Å²) in [6, 6.07) is 9.88. The fourth-order valence-corrected chi connectivity index (χ4v) is 2.13. The van der Waals surface area contributed by atoms with Crippen LogP contribution < -0.4 is 5.32 Å². The van der Waals surface area contributed by atoms with E-state index in [-0.39, 0.29) is 5.91 Å². The Balaban J connectivity index is 1.82. The van der Waals surface area contributed by atoms with Crippen LogP contribution in [0.25, 0.3) is 0 Å². The first-order valence-corrected chi connectivity index (χ1v) is 6.33. The van der Waals surface area contributed by atoms with Crippen LogP contribution >= 0.6 is 11.3 Å². The number of benzene rings is 1. The second-order valence-corrected chi connectivity index (χ2v) is 4.86. The smallest absolute Gasteiger partial charge is 0.226 e. The summed E-state index contributed by atoms with van der Waals surface area (Å²) >= 11 is 1.57. The van der Waals surface area contributed by atoms with Crippen molar-refractivity contribution >= 4 is 17.2 Å². The van der Waals surface area contributed by atoms with Gasteiger partial charge in [-0.3, -0.25) is 4.79 Å². The van der Waals surface area contributed by atoms with Crippen LogP contribution in [0, 0.1) is 6.92 Å². The van der Waals surface area contributed by atoms with E-state index in [0.717, 1.165) is 16.3 Å². The van der Waals surface area contributed by atoms with E-state index in [1.54, 1.807) is 11.3 Å². The van der Waals surface area contributed by atoms with Crippen molar-refractivity contribution in [3.05, 3.63) is 52.0 Å². The van der Waals surface area contributed by atoms with Gasteiger partial charge in [0.15, 0.2) is 0 Å². The highest BCUT2D eigenvalue weighted by molar-refractivity contribution is 7.09. The molecule has 2 aromatic rings. The van der Waals surface area contributed by atoms with Crippen molar-refractivity contribution in [2.45, 2.75) is 19.9 Å². The lowest BCUT2D eigenvalue weighted by atomic mass is 10.2. The zero-order valence-corrected chi connectivity index (χ0v) is 10.5. The number of aryl methyl sites for hydroxylation is 1.